The van der Waals surface area contributed by atoms with E-state index in [-0.39, 0.29) is 18.7 Å². The third kappa shape index (κ3) is 3.25. The van der Waals surface area contributed by atoms with Gasteiger partial charge in [-0.05, 0) is 0 Å². The fourth-order valence-corrected chi connectivity index (χ4v) is 0.969. The molecule has 0 aliphatic rings. The second-order valence-corrected chi connectivity index (χ2v) is 2.76. The molecular formula is C9H10F2N2O2. The first-order chi connectivity index (χ1) is 7.15. The number of esters is 1. The van der Waals surface area contributed by atoms with E-state index in [0.717, 1.165) is 12.4 Å². The predicted octanol–water partition coefficient (Wildman–Crippen LogP) is 0.622. The number of halogens is 2. The molecule has 0 aliphatic heterocycles. The third-order valence-electron chi connectivity index (χ3n) is 1.75. The summed E-state index contributed by atoms with van der Waals surface area (Å²) in [4.78, 5) is 14.0. The molecule has 1 rings (SSSR count). The molecular weight excluding hydrogens is 206 g/mol. The summed E-state index contributed by atoms with van der Waals surface area (Å²) in [5.41, 5.74) is -0.145. The minimum absolute atomic E-state index is 0.0880. The van der Waals surface area contributed by atoms with Crippen LogP contribution < -0.4 is 5.32 Å². The Morgan fingerprint density at radius 2 is 2.07 bits per heavy atom. The molecule has 0 aromatic carbocycles. The predicted molar refractivity (Wildman–Crippen MR) is 47.9 cm³/mol. The quantitative estimate of drug-likeness (QED) is 0.750. The molecule has 0 radical (unpaired) electrons. The molecule has 0 saturated heterocycles. The fourth-order valence-electron chi connectivity index (χ4n) is 0.969. The van der Waals surface area contributed by atoms with Crippen LogP contribution in [-0.4, -0.2) is 24.6 Å². The zero-order valence-corrected chi connectivity index (χ0v) is 8.09. The van der Waals surface area contributed by atoms with Crippen molar-refractivity contribution in [2.45, 2.75) is 6.54 Å². The standard InChI is InChI=1S/C9H10F2N2O2/c1-15-9(14)5-12-2-6-7(10)3-13-4-8(6)11/h3-4,12H,2,5H2,1H3. The van der Waals surface area contributed by atoms with Gasteiger partial charge in [-0.15, -0.1) is 0 Å². The Balaban J connectivity index is 2.54. The summed E-state index contributed by atoms with van der Waals surface area (Å²) in [6.45, 7) is -0.188. The van der Waals surface area contributed by atoms with Crippen LogP contribution >= 0.6 is 0 Å². The van der Waals surface area contributed by atoms with Crippen LogP contribution in [0.2, 0.25) is 0 Å². The highest BCUT2D eigenvalue weighted by Gasteiger charge is 2.09. The Kier molecular flexibility index (Phi) is 4.11. The van der Waals surface area contributed by atoms with Gasteiger partial charge in [-0.25, -0.2) is 8.78 Å². The van der Waals surface area contributed by atoms with Crippen molar-refractivity contribution >= 4 is 5.97 Å². The van der Waals surface area contributed by atoms with Gasteiger partial charge in [0.1, 0.15) is 11.6 Å². The van der Waals surface area contributed by atoms with E-state index in [2.05, 4.69) is 15.0 Å². The maximum absolute atomic E-state index is 13.0. The van der Waals surface area contributed by atoms with Crippen molar-refractivity contribution in [3.63, 3.8) is 0 Å². The maximum Gasteiger partial charge on any atom is 0.319 e. The number of carbonyl (C=O) groups is 1. The van der Waals surface area contributed by atoms with E-state index < -0.39 is 17.6 Å². The molecule has 1 N–H and O–H groups in total. The Hall–Kier alpha value is -1.56. The van der Waals surface area contributed by atoms with Gasteiger partial charge >= 0.3 is 5.97 Å². The first kappa shape index (κ1) is 11.5. The maximum atomic E-state index is 13.0. The van der Waals surface area contributed by atoms with Crippen LogP contribution in [0.5, 0.6) is 0 Å². The van der Waals surface area contributed by atoms with Gasteiger partial charge in [0, 0.05) is 12.1 Å². The molecule has 4 nitrogen and oxygen atoms in total. The lowest BCUT2D eigenvalue weighted by Gasteiger charge is -2.05. The summed E-state index contributed by atoms with van der Waals surface area (Å²) in [7, 11) is 1.23. The monoisotopic (exact) mass is 216 g/mol. The molecule has 0 atom stereocenters. The molecule has 0 amide bonds. The molecule has 15 heavy (non-hydrogen) atoms. The van der Waals surface area contributed by atoms with Gasteiger partial charge in [-0.2, -0.15) is 0 Å². The van der Waals surface area contributed by atoms with Crippen molar-refractivity contribution in [3.05, 3.63) is 29.6 Å². The summed E-state index contributed by atoms with van der Waals surface area (Å²) in [5, 5.41) is 2.55. The Bertz CT molecular complexity index is 338. The lowest BCUT2D eigenvalue weighted by Crippen LogP contribution is -2.24. The lowest BCUT2D eigenvalue weighted by atomic mass is 10.2. The van der Waals surface area contributed by atoms with Crippen molar-refractivity contribution in [1.29, 1.82) is 0 Å². The van der Waals surface area contributed by atoms with Crippen molar-refractivity contribution < 1.29 is 18.3 Å². The van der Waals surface area contributed by atoms with E-state index in [1.54, 1.807) is 0 Å². The Morgan fingerprint density at radius 1 is 1.47 bits per heavy atom. The van der Waals surface area contributed by atoms with E-state index in [1.165, 1.54) is 7.11 Å². The van der Waals surface area contributed by atoms with Crippen molar-refractivity contribution in [3.8, 4) is 0 Å². The molecule has 82 valence electrons. The van der Waals surface area contributed by atoms with Crippen LogP contribution in [-0.2, 0) is 16.1 Å². The molecule has 0 saturated carbocycles. The fraction of sp³-hybridized carbons (Fsp3) is 0.333. The van der Waals surface area contributed by atoms with Crippen LogP contribution in [0.3, 0.4) is 0 Å². The highest BCUT2D eigenvalue weighted by atomic mass is 19.1. The summed E-state index contributed by atoms with van der Waals surface area (Å²) < 4.78 is 30.3. The molecule has 1 heterocycles. The smallest absolute Gasteiger partial charge is 0.319 e. The normalized spacial score (nSPS) is 10.1. The Morgan fingerprint density at radius 3 is 2.60 bits per heavy atom. The van der Waals surface area contributed by atoms with Gasteiger partial charge in [0.15, 0.2) is 0 Å². The molecule has 6 heteroatoms. The van der Waals surface area contributed by atoms with Gasteiger partial charge in [0.25, 0.3) is 0 Å². The first-order valence-electron chi connectivity index (χ1n) is 4.20. The molecule has 0 aliphatic carbocycles. The average molecular weight is 216 g/mol. The van der Waals surface area contributed by atoms with Crippen molar-refractivity contribution in [1.82, 2.24) is 10.3 Å². The highest BCUT2D eigenvalue weighted by Crippen LogP contribution is 2.09. The van der Waals surface area contributed by atoms with Crippen LogP contribution in [0.15, 0.2) is 12.4 Å². The van der Waals surface area contributed by atoms with Gasteiger partial charge in [0.2, 0.25) is 0 Å². The zero-order chi connectivity index (χ0) is 11.3. The van der Waals surface area contributed by atoms with Crippen LogP contribution in [0.25, 0.3) is 0 Å². The number of hydrogen-bond acceptors (Lipinski definition) is 4. The summed E-state index contributed by atoms with van der Waals surface area (Å²) in [6.07, 6.45) is 1.83. The lowest BCUT2D eigenvalue weighted by molar-refractivity contribution is -0.139. The minimum atomic E-state index is -0.743. The number of methoxy groups -OCH3 is 1. The minimum Gasteiger partial charge on any atom is -0.468 e. The number of ether oxygens (including phenoxy) is 1. The Labute approximate surface area is 85.3 Å². The summed E-state index contributed by atoms with van der Waals surface area (Å²) >= 11 is 0. The SMILES string of the molecule is COC(=O)CNCc1c(F)cncc1F. The number of aromatic nitrogens is 1. The van der Waals surface area contributed by atoms with Crippen molar-refractivity contribution in [2.24, 2.45) is 0 Å². The van der Waals surface area contributed by atoms with E-state index in [4.69, 9.17) is 0 Å². The summed E-state index contributed by atoms with van der Waals surface area (Å²) in [5.74, 6) is -1.98. The number of nitrogens with zero attached hydrogens (tertiary/aromatic N) is 1. The van der Waals surface area contributed by atoms with Gasteiger partial charge in [0.05, 0.1) is 26.0 Å². The molecule has 0 bridgehead atoms. The largest absolute Gasteiger partial charge is 0.468 e. The zero-order valence-electron chi connectivity index (χ0n) is 8.09. The van der Waals surface area contributed by atoms with Crippen molar-refractivity contribution in [2.75, 3.05) is 13.7 Å². The average Bonchev–Trinajstić information content (AvgIpc) is 2.22. The third-order valence-corrected chi connectivity index (χ3v) is 1.75. The molecule has 1 aromatic rings. The molecule has 0 spiro atoms. The first-order valence-corrected chi connectivity index (χ1v) is 4.20. The topological polar surface area (TPSA) is 51.2 Å². The number of pyridine rings is 1. The number of carbonyl (C=O) groups excluding carboxylic acids is 1. The number of hydrogen-bond donors (Lipinski definition) is 1. The second kappa shape index (κ2) is 5.35. The van der Waals surface area contributed by atoms with E-state index in [0.29, 0.717) is 0 Å². The van der Waals surface area contributed by atoms with E-state index in [1.807, 2.05) is 0 Å². The highest BCUT2D eigenvalue weighted by molar-refractivity contribution is 5.71. The van der Waals surface area contributed by atoms with Gasteiger partial charge < -0.3 is 10.1 Å². The summed E-state index contributed by atoms with van der Waals surface area (Å²) in [6, 6.07) is 0. The van der Waals surface area contributed by atoms with Crippen LogP contribution in [0.1, 0.15) is 5.56 Å². The molecule has 1 aromatic heterocycles. The number of nitrogens with one attached hydrogen (secondary N) is 1. The van der Waals surface area contributed by atoms with Crippen LogP contribution in [0.4, 0.5) is 8.78 Å². The number of rotatable bonds is 4. The van der Waals surface area contributed by atoms with Gasteiger partial charge in [-0.1, -0.05) is 0 Å². The second-order valence-electron chi connectivity index (χ2n) is 2.76. The van der Waals surface area contributed by atoms with Gasteiger partial charge in [-0.3, -0.25) is 9.78 Å². The van der Waals surface area contributed by atoms with E-state index >= 15 is 0 Å². The molecule has 0 unspecified atom stereocenters. The van der Waals surface area contributed by atoms with Crippen LogP contribution in [0, 0.1) is 11.6 Å². The molecule has 0 fully saturated rings. The van der Waals surface area contributed by atoms with E-state index in [9.17, 15) is 13.6 Å².